The lowest BCUT2D eigenvalue weighted by atomic mass is 9.93. The van der Waals surface area contributed by atoms with E-state index >= 15 is 0 Å². The van der Waals surface area contributed by atoms with Crippen molar-refractivity contribution in [2.45, 2.75) is 25.4 Å². The minimum absolute atomic E-state index is 0.182. The van der Waals surface area contributed by atoms with E-state index in [1.54, 1.807) is 4.90 Å². The van der Waals surface area contributed by atoms with Crippen LogP contribution in [0.3, 0.4) is 0 Å². The highest BCUT2D eigenvalue weighted by atomic mass is 19.4. The standard InChI is InChI=1S/C12H20F3N3/c1-17-5-2-10-3-6-18(7-4-10)9-11(8-16)12(13,14)15/h10-11,17H,2-7,9H2,1H3. The maximum Gasteiger partial charge on any atom is 0.405 e. The van der Waals surface area contributed by atoms with Crippen LogP contribution in [0.1, 0.15) is 19.3 Å². The number of nitrogens with one attached hydrogen (secondary N) is 1. The summed E-state index contributed by atoms with van der Waals surface area (Å²) < 4.78 is 37.4. The van der Waals surface area contributed by atoms with E-state index in [4.69, 9.17) is 5.26 Å². The maximum absolute atomic E-state index is 12.5. The van der Waals surface area contributed by atoms with Crippen LogP contribution in [0.25, 0.3) is 0 Å². The van der Waals surface area contributed by atoms with Gasteiger partial charge in [-0.05, 0) is 51.9 Å². The molecule has 6 heteroatoms. The van der Waals surface area contributed by atoms with Gasteiger partial charge in [0, 0.05) is 6.54 Å². The Morgan fingerprint density at radius 1 is 1.39 bits per heavy atom. The van der Waals surface area contributed by atoms with Crippen LogP contribution in [-0.2, 0) is 0 Å². The molecule has 1 rings (SSSR count). The molecule has 1 saturated heterocycles. The minimum Gasteiger partial charge on any atom is -0.320 e. The summed E-state index contributed by atoms with van der Waals surface area (Å²) in [5, 5.41) is 11.6. The smallest absolute Gasteiger partial charge is 0.320 e. The molecule has 0 aromatic carbocycles. The van der Waals surface area contributed by atoms with Crippen LogP contribution in [0, 0.1) is 23.2 Å². The van der Waals surface area contributed by atoms with Crippen LogP contribution < -0.4 is 5.32 Å². The molecule has 3 nitrogen and oxygen atoms in total. The fourth-order valence-corrected chi connectivity index (χ4v) is 2.28. The van der Waals surface area contributed by atoms with Gasteiger partial charge < -0.3 is 10.2 Å². The molecule has 0 aromatic heterocycles. The molecule has 104 valence electrons. The average molecular weight is 263 g/mol. The molecule has 1 aliphatic heterocycles. The number of likely N-dealkylation sites (tertiary alicyclic amines) is 1. The molecular weight excluding hydrogens is 243 g/mol. The normalized spacial score (nSPS) is 20.6. The number of piperidine rings is 1. The lowest BCUT2D eigenvalue weighted by molar-refractivity contribution is -0.163. The Kier molecular flexibility index (Phi) is 5.89. The fraction of sp³-hybridized carbons (Fsp3) is 0.917. The van der Waals surface area contributed by atoms with Gasteiger partial charge in [-0.25, -0.2) is 0 Å². The molecule has 1 fully saturated rings. The van der Waals surface area contributed by atoms with Gasteiger partial charge in [-0.15, -0.1) is 0 Å². The van der Waals surface area contributed by atoms with Crippen molar-refractivity contribution in [1.82, 2.24) is 10.2 Å². The number of nitriles is 1. The Morgan fingerprint density at radius 3 is 2.44 bits per heavy atom. The van der Waals surface area contributed by atoms with E-state index in [9.17, 15) is 13.2 Å². The second-order valence-electron chi connectivity index (χ2n) is 4.86. The van der Waals surface area contributed by atoms with Gasteiger partial charge in [0.2, 0.25) is 0 Å². The van der Waals surface area contributed by atoms with Crippen molar-refractivity contribution in [3.63, 3.8) is 0 Å². The predicted molar refractivity (Wildman–Crippen MR) is 62.9 cm³/mol. The summed E-state index contributed by atoms with van der Waals surface area (Å²) in [5.41, 5.74) is 0. The Morgan fingerprint density at radius 2 is 2.00 bits per heavy atom. The van der Waals surface area contributed by atoms with E-state index in [2.05, 4.69) is 5.32 Å². The van der Waals surface area contributed by atoms with Crippen molar-refractivity contribution in [1.29, 1.82) is 5.26 Å². The van der Waals surface area contributed by atoms with Gasteiger partial charge in [0.25, 0.3) is 0 Å². The molecule has 0 amide bonds. The first-order valence-corrected chi connectivity index (χ1v) is 6.30. The number of nitrogens with zero attached hydrogens (tertiary/aromatic N) is 2. The summed E-state index contributed by atoms with van der Waals surface area (Å²) in [6, 6.07) is 1.36. The molecule has 1 heterocycles. The quantitative estimate of drug-likeness (QED) is 0.824. The van der Waals surface area contributed by atoms with Crippen molar-refractivity contribution in [2.75, 3.05) is 33.2 Å². The summed E-state index contributed by atoms with van der Waals surface area (Å²) >= 11 is 0. The lowest BCUT2D eigenvalue weighted by Crippen LogP contribution is -2.41. The number of halogens is 3. The molecule has 0 saturated carbocycles. The van der Waals surface area contributed by atoms with Crippen LogP contribution in [0.4, 0.5) is 13.2 Å². The molecule has 1 N–H and O–H groups in total. The second-order valence-corrected chi connectivity index (χ2v) is 4.86. The van der Waals surface area contributed by atoms with Crippen molar-refractivity contribution >= 4 is 0 Å². The second kappa shape index (κ2) is 6.95. The van der Waals surface area contributed by atoms with Gasteiger partial charge in [0.15, 0.2) is 5.92 Å². The third-order valence-electron chi connectivity index (χ3n) is 3.50. The topological polar surface area (TPSA) is 39.1 Å². The Labute approximate surface area is 106 Å². The van der Waals surface area contributed by atoms with Crippen molar-refractivity contribution in [3.05, 3.63) is 0 Å². The van der Waals surface area contributed by atoms with Crippen LogP contribution in [0.15, 0.2) is 0 Å². The van der Waals surface area contributed by atoms with Gasteiger partial charge in [-0.3, -0.25) is 0 Å². The van der Waals surface area contributed by atoms with Gasteiger partial charge >= 0.3 is 6.18 Å². The van der Waals surface area contributed by atoms with Gasteiger partial charge in [-0.2, -0.15) is 18.4 Å². The molecule has 0 bridgehead atoms. The zero-order valence-electron chi connectivity index (χ0n) is 10.6. The minimum atomic E-state index is -4.41. The van der Waals surface area contributed by atoms with Gasteiger partial charge in [-0.1, -0.05) is 0 Å². The number of alkyl halides is 3. The molecule has 1 aliphatic rings. The molecule has 0 radical (unpaired) electrons. The Hall–Kier alpha value is -0.800. The highest BCUT2D eigenvalue weighted by molar-refractivity contribution is 4.91. The highest BCUT2D eigenvalue weighted by Crippen LogP contribution is 2.28. The SMILES string of the molecule is CNCCC1CCN(CC(C#N)C(F)(F)F)CC1. The molecule has 1 unspecified atom stereocenters. The Bertz CT molecular complexity index is 277. The van der Waals surface area contributed by atoms with E-state index < -0.39 is 12.1 Å². The summed E-state index contributed by atoms with van der Waals surface area (Å²) in [7, 11) is 1.90. The monoisotopic (exact) mass is 263 g/mol. The Balaban J connectivity index is 2.33. The van der Waals surface area contributed by atoms with Crippen molar-refractivity contribution < 1.29 is 13.2 Å². The molecule has 0 spiro atoms. The van der Waals surface area contributed by atoms with E-state index in [1.807, 2.05) is 7.05 Å². The van der Waals surface area contributed by atoms with E-state index in [1.165, 1.54) is 6.07 Å². The molecule has 1 atom stereocenters. The van der Waals surface area contributed by atoms with E-state index in [-0.39, 0.29) is 6.54 Å². The summed E-state index contributed by atoms with van der Waals surface area (Å²) in [4.78, 5) is 1.76. The van der Waals surface area contributed by atoms with Gasteiger partial charge in [0.05, 0.1) is 6.07 Å². The first-order chi connectivity index (χ1) is 8.47. The number of hydrogen-bond donors (Lipinski definition) is 1. The zero-order chi connectivity index (χ0) is 13.6. The van der Waals surface area contributed by atoms with Crippen molar-refractivity contribution in [3.8, 4) is 6.07 Å². The maximum atomic E-state index is 12.5. The average Bonchev–Trinajstić information content (AvgIpc) is 2.33. The highest BCUT2D eigenvalue weighted by Gasteiger charge is 2.41. The third-order valence-corrected chi connectivity index (χ3v) is 3.50. The van der Waals surface area contributed by atoms with Crippen LogP contribution in [-0.4, -0.2) is 44.3 Å². The fourth-order valence-electron chi connectivity index (χ4n) is 2.28. The van der Waals surface area contributed by atoms with Crippen LogP contribution in [0.2, 0.25) is 0 Å². The summed E-state index contributed by atoms with van der Waals surface area (Å²) in [6.45, 7) is 2.11. The van der Waals surface area contributed by atoms with Gasteiger partial charge in [0.1, 0.15) is 0 Å². The molecule has 18 heavy (non-hydrogen) atoms. The summed E-state index contributed by atoms with van der Waals surface area (Å²) in [6.07, 6.45) is -1.47. The summed E-state index contributed by atoms with van der Waals surface area (Å²) in [5.74, 6) is -1.26. The molecule has 0 aromatic rings. The van der Waals surface area contributed by atoms with Crippen LogP contribution >= 0.6 is 0 Å². The first kappa shape index (κ1) is 15.3. The predicted octanol–water partition coefficient (Wildman–Crippen LogP) is 2.01. The first-order valence-electron chi connectivity index (χ1n) is 6.30. The number of rotatable bonds is 5. The lowest BCUT2D eigenvalue weighted by Gasteiger charge is -2.33. The number of hydrogen-bond acceptors (Lipinski definition) is 3. The van der Waals surface area contributed by atoms with Crippen molar-refractivity contribution in [2.24, 2.45) is 11.8 Å². The zero-order valence-corrected chi connectivity index (χ0v) is 10.6. The largest absolute Gasteiger partial charge is 0.405 e. The van der Waals surface area contributed by atoms with Crippen LogP contribution in [0.5, 0.6) is 0 Å². The molecule has 0 aliphatic carbocycles. The van der Waals surface area contributed by atoms with E-state index in [0.29, 0.717) is 19.0 Å². The third kappa shape index (κ3) is 4.83. The van der Waals surface area contributed by atoms with E-state index in [0.717, 1.165) is 25.8 Å². The molecular formula is C12H20F3N3.